The zero-order chi connectivity index (χ0) is 13.1. The SMILES string of the molecule is CC(C)(C)[Si](C)(C)OCC(O)Cc1nccs1. The van der Waals surface area contributed by atoms with Crippen LogP contribution in [0.25, 0.3) is 0 Å². The fourth-order valence-corrected chi connectivity index (χ4v) is 2.87. The maximum atomic E-state index is 9.91. The molecule has 98 valence electrons. The van der Waals surface area contributed by atoms with Crippen LogP contribution in [0.4, 0.5) is 0 Å². The smallest absolute Gasteiger partial charge is 0.192 e. The lowest BCUT2D eigenvalue weighted by atomic mass is 10.2. The minimum absolute atomic E-state index is 0.188. The van der Waals surface area contributed by atoms with E-state index in [0.29, 0.717) is 13.0 Å². The monoisotopic (exact) mass is 273 g/mol. The average molecular weight is 273 g/mol. The van der Waals surface area contributed by atoms with Crippen molar-refractivity contribution in [1.29, 1.82) is 0 Å². The second kappa shape index (κ2) is 5.61. The van der Waals surface area contributed by atoms with Gasteiger partial charge in [0.15, 0.2) is 8.32 Å². The Morgan fingerprint density at radius 1 is 1.47 bits per heavy atom. The molecule has 1 N–H and O–H groups in total. The second-order valence-corrected chi connectivity index (χ2v) is 11.6. The van der Waals surface area contributed by atoms with Gasteiger partial charge < -0.3 is 9.53 Å². The van der Waals surface area contributed by atoms with E-state index in [1.54, 1.807) is 17.5 Å². The van der Waals surface area contributed by atoms with Gasteiger partial charge in [0.05, 0.1) is 17.7 Å². The number of rotatable bonds is 5. The minimum atomic E-state index is -1.75. The lowest BCUT2D eigenvalue weighted by molar-refractivity contribution is 0.100. The zero-order valence-corrected chi connectivity index (χ0v) is 13.2. The highest BCUT2D eigenvalue weighted by Gasteiger charge is 2.37. The van der Waals surface area contributed by atoms with E-state index in [0.717, 1.165) is 5.01 Å². The van der Waals surface area contributed by atoms with Crippen molar-refractivity contribution >= 4 is 19.7 Å². The van der Waals surface area contributed by atoms with Crippen molar-refractivity contribution in [3.05, 3.63) is 16.6 Å². The van der Waals surface area contributed by atoms with Gasteiger partial charge in [0.25, 0.3) is 0 Å². The molecule has 0 amide bonds. The molecule has 0 aromatic carbocycles. The van der Waals surface area contributed by atoms with Gasteiger partial charge in [-0.3, -0.25) is 0 Å². The third kappa shape index (κ3) is 4.50. The molecule has 3 nitrogen and oxygen atoms in total. The lowest BCUT2D eigenvalue weighted by Crippen LogP contribution is -2.42. The molecule has 0 radical (unpaired) electrons. The summed E-state index contributed by atoms with van der Waals surface area (Å²) in [6, 6.07) is 0. The maximum absolute atomic E-state index is 9.91. The van der Waals surface area contributed by atoms with E-state index in [2.05, 4.69) is 38.8 Å². The molecule has 17 heavy (non-hydrogen) atoms. The van der Waals surface area contributed by atoms with Crippen LogP contribution in [0.1, 0.15) is 25.8 Å². The zero-order valence-electron chi connectivity index (χ0n) is 11.4. The van der Waals surface area contributed by atoms with Gasteiger partial charge in [0, 0.05) is 18.0 Å². The van der Waals surface area contributed by atoms with Crippen molar-refractivity contribution in [2.24, 2.45) is 0 Å². The Labute approximate surface area is 109 Å². The predicted molar refractivity (Wildman–Crippen MR) is 75.0 cm³/mol. The van der Waals surface area contributed by atoms with Crippen molar-refractivity contribution in [3.8, 4) is 0 Å². The Balaban J connectivity index is 2.40. The van der Waals surface area contributed by atoms with Crippen molar-refractivity contribution in [3.63, 3.8) is 0 Å². The van der Waals surface area contributed by atoms with E-state index in [1.165, 1.54) is 0 Å². The molecule has 1 heterocycles. The maximum Gasteiger partial charge on any atom is 0.192 e. The van der Waals surface area contributed by atoms with Crippen molar-refractivity contribution in [2.75, 3.05) is 6.61 Å². The third-order valence-electron chi connectivity index (χ3n) is 3.34. The molecule has 0 aliphatic rings. The molecule has 0 fully saturated rings. The molecule has 1 aromatic rings. The van der Waals surface area contributed by atoms with Gasteiger partial charge in [-0.1, -0.05) is 20.8 Å². The summed E-state index contributed by atoms with van der Waals surface area (Å²) < 4.78 is 5.97. The molecule has 1 unspecified atom stereocenters. The quantitative estimate of drug-likeness (QED) is 0.838. The van der Waals surface area contributed by atoms with Gasteiger partial charge in [0.1, 0.15) is 0 Å². The van der Waals surface area contributed by atoms with Crippen LogP contribution < -0.4 is 0 Å². The summed E-state index contributed by atoms with van der Waals surface area (Å²) in [6.45, 7) is 11.4. The van der Waals surface area contributed by atoms with Crippen molar-refractivity contribution in [2.45, 2.75) is 51.4 Å². The Bertz CT molecular complexity index is 333. The molecular formula is C12H23NO2SSi. The highest BCUT2D eigenvalue weighted by Crippen LogP contribution is 2.36. The van der Waals surface area contributed by atoms with E-state index in [1.807, 2.05) is 5.38 Å². The third-order valence-corrected chi connectivity index (χ3v) is 8.64. The normalized spacial score (nSPS) is 14.9. The lowest BCUT2D eigenvalue weighted by Gasteiger charge is -2.36. The molecule has 0 saturated heterocycles. The van der Waals surface area contributed by atoms with Gasteiger partial charge in [-0.25, -0.2) is 4.98 Å². The van der Waals surface area contributed by atoms with Gasteiger partial charge >= 0.3 is 0 Å². The highest BCUT2D eigenvalue weighted by molar-refractivity contribution is 7.09. The van der Waals surface area contributed by atoms with Crippen LogP contribution in [0.2, 0.25) is 18.1 Å². The molecule has 0 bridgehead atoms. The fraction of sp³-hybridized carbons (Fsp3) is 0.750. The van der Waals surface area contributed by atoms with E-state index < -0.39 is 14.4 Å². The first-order valence-corrected chi connectivity index (χ1v) is 9.71. The molecule has 1 atom stereocenters. The number of aromatic nitrogens is 1. The molecule has 0 spiro atoms. The van der Waals surface area contributed by atoms with Gasteiger partial charge in [-0.05, 0) is 18.1 Å². The van der Waals surface area contributed by atoms with Crippen LogP contribution in [0, 0.1) is 0 Å². The van der Waals surface area contributed by atoms with Gasteiger partial charge in [-0.2, -0.15) is 0 Å². The fourth-order valence-electron chi connectivity index (χ4n) is 1.14. The number of aliphatic hydroxyl groups is 1. The summed E-state index contributed by atoms with van der Waals surface area (Å²) in [6.07, 6.45) is 1.91. The standard InChI is InChI=1S/C12H23NO2SSi/c1-12(2,3)17(4,5)15-9-10(14)8-11-13-6-7-16-11/h6-7,10,14H,8-9H2,1-5H3. The number of hydrogen-bond donors (Lipinski definition) is 1. The predicted octanol–water partition coefficient (Wildman–Crippen LogP) is 3.07. The van der Waals surface area contributed by atoms with E-state index in [-0.39, 0.29) is 5.04 Å². The Kier molecular flexibility index (Phi) is 4.89. The van der Waals surface area contributed by atoms with Gasteiger partial charge in [0.2, 0.25) is 0 Å². The first-order chi connectivity index (χ1) is 7.72. The molecule has 5 heteroatoms. The first kappa shape index (κ1) is 14.8. The van der Waals surface area contributed by atoms with Crippen LogP contribution in [-0.2, 0) is 10.8 Å². The van der Waals surface area contributed by atoms with Crippen LogP contribution in [0.3, 0.4) is 0 Å². The summed E-state index contributed by atoms with van der Waals surface area (Å²) in [7, 11) is -1.75. The molecule has 1 rings (SSSR count). The average Bonchev–Trinajstić information content (AvgIpc) is 2.66. The van der Waals surface area contributed by atoms with Crippen molar-refractivity contribution in [1.82, 2.24) is 4.98 Å². The van der Waals surface area contributed by atoms with Crippen LogP contribution in [-0.4, -0.2) is 31.1 Å². The molecular weight excluding hydrogens is 250 g/mol. The van der Waals surface area contributed by atoms with Crippen LogP contribution in [0.15, 0.2) is 11.6 Å². The second-order valence-electron chi connectivity index (χ2n) is 5.86. The summed E-state index contributed by atoms with van der Waals surface area (Å²) in [5, 5.41) is 13.0. The number of nitrogens with zero attached hydrogens (tertiary/aromatic N) is 1. The Morgan fingerprint density at radius 2 is 2.12 bits per heavy atom. The first-order valence-electron chi connectivity index (χ1n) is 5.93. The Morgan fingerprint density at radius 3 is 2.59 bits per heavy atom. The number of aliphatic hydroxyl groups excluding tert-OH is 1. The largest absolute Gasteiger partial charge is 0.414 e. The Hall–Kier alpha value is -0.233. The van der Waals surface area contributed by atoms with E-state index >= 15 is 0 Å². The summed E-state index contributed by atoms with van der Waals surface area (Å²) >= 11 is 1.57. The van der Waals surface area contributed by atoms with Crippen LogP contribution in [0.5, 0.6) is 0 Å². The van der Waals surface area contributed by atoms with Crippen molar-refractivity contribution < 1.29 is 9.53 Å². The van der Waals surface area contributed by atoms with Gasteiger partial charge in [-0.15, -0.1) is 11.3 Å². The summed E-state index contributed by atoms with van der Waals surface area (Å²) in [4.78, 5) is 4.16. The minimum Gasteiger partial charge on any atom is -0.414 e. The summed E-state index contributed by atoms with van der Waals surface area (Å²) in [5.41, 5.74) is 0. The molecule has 1 aromatic heterocycles. The summed E-state index contributed by atoms with van der Waals surface area (Å²) in [5.74, 6) is 0. The number of thiazole rings is 1. The molecule has 0 aliphatic carbocycles. The highest BCUT2D eigenvalue weighted by atomic mass is 32.1. The number of hydrogen-bond acceptors (Lipinski definition) is 4. The molecule has 0 aliphatic heterocycles. The van der Waals surface area contributed by atoms with Crippen LogP contribution >= 0.6 is 11.3 Å². The van der Waals surface area contributed by atoms with E-state index in [9.17, 15) is 5.11 Å². The van der Waals surface area contributed by atoms with E-state index in [4.69, 9.17) is 4.43 Å². The topological polar surface area (TPSA) is 42.4 Å². The molecule has 0 saturated carbocycles.